The van der Waals surface area contributed by atoms with Crippen LogP contribution in [-0.2, 0) is 28.7 Å². The van der Waals surface area contributed by atoms with Gasteiger partial charge in [0.2, 0.25) is 0 Å². The number of nitrogens with zero attached hydrogens (tertiary/aromatic N) is 1. The number of benzene rings is 1. The van der Waals surface area contributed by atoms with Crippen molar-refractivity contribution < 1.29 is 8.42 Å². The molecule has 0 amide bonds. The summed E-state index contributed by atoms with van der Waals surface area (Å²) in [5.74, 6) is 0.0746. The van der Waals surface area contributed by atoms with Crippen molar-refractivity contribution in [2.45, 2.75) is 44.9 Å². The van der Waals surface area contributed by atoms with Crippen LogP contribution in [0.4, 0.5) is 0 Å². The lowest BCUT2D eigenvalue weighted by molar-refractivity contribution is 0.586. The van der Waals surface area contributed by atoms with Gasteiger partial charge in [0.05, 0.1) is 11.0 Å². The smallest absolute Gasteiger partial charge is 0.156 e. The Morgan fingerprint density at radius 3 is 2.50 bits per heavy atom. The molecule has 4 nitrogen and oxygen atoms in total. The monoisotopic (exact) mass is 294 g/mol. The van der Waals surface area contributed by atoms with Crippen LogP contribution in [0.2, 0.25) is 0 Å². The van der Waals surface area contributed by atoms with Crippen molar-refractivity contribution in [1.82, 2.24) is 4.57 Å². The lowest BCUT2D eigenvalue weighted by Gasteiger charge is -2.08. The molecule has 2 rings (SSSR count). The highest BCUT2D eigenvalue weighted by Crippen LogP contribution is 2.27. The van der Waals surface area contributed by atoms with Gasteiger partial charge < -0.3 is 10.3 Å². The van der Waals surface area contributed by atoms with Crippen LogP contribution in [0.25, 0.3) is 10.9 Å². The van der Waals surface area contributed by atoms with Crippen LogP contribution in [0.15, 0.2) is 24.4 Å². The summed E-state index contributed by atoms with van der Waals surface area (Å²) in [4.78, 5) is 0. The molecular formula is C15H22N2O2S. The van der Waals surface area contributed by atoms with Crippen molar-refractivity contribution >= 4 is 20.7 Å². The Hall–Kier alpha value is -1.33. The van der Waals surface area contributed by atoms with Crippen molar-refractivity contribution in [2.75, 3.05) is 0 Å². The topological polar surface area (TPSA) is 65.1 Å². The fourth-order valence-electron chi connectivity index (χ4n) is 2.44. The molecule has 0 fully saturated rings. The first-order chi connectivity index (χ1) is 9.40. The molecule has 5 heteroatoms. The molecule has 0 spiro atoms. The Morgan fingerprint density at radius 2 is 1.95 bits per heavy atom. The molecular weight excluding hydrogens is 272 g/mol. The van der Waals surface area contributed by atoms with Gasteiger partial charge in [-0.1, -0.05) is 12.1 Å². The maximum atomic E-state index is 12.2. The fraction of sp³-hybridized carbons (Fsp3) is 0.467. The minimum atomic E-state index is -3.12. The molecule has 0 unspecified atom stereocenters. The Morgan fingerprint density at radius 1 is 1.25 bits per heavy atom. The van der Waals surface area contributed by atoms with Gasteiger partial charge in [-0.15, -0.1) is 0 Å². The van der Waals surface area contributed by atoms with Crippen LogP contribution in [0.5, 0.6) is 0 Å². The van der Waals surface area contributed by atoms with Gasteiger partial charge in [0.15, 0.2) is 9.84 Å². The maximum absolute atomic E-state index is 12.2. The highest BCUT2D eigenvalue weighted by molar-refractivity contribution is 7.91. The fourth-order valence-corrected chi connectivity index (χ4v) is 3.43. The number of hydrogen-bond acceptors (Lipinski definition) is 3. The van der Waals surface area contributed by atoms with Crippen LogP contribution in [0.3, 0.4) is 0 Å². The number of sulfone groups is 1. The molecule has 0 aliphatic heterocycles. The third-order valence-electron chi connectivity index (χ3n) is 3.71. The van der Waals surface area contributed by atoms with E-state index in [9.17, 15) is 8.42 Å². The second kappa shape index (κ2) is 5.58. The van der Waals surface area contributed by atoms with Gasteiger partial charge in [-0.05, 0) is 38.0 Å². The standard InChI is InChI=1S/C15H22N2O2S/c1-4-17-9-13(10-20(18,19)11(2)3)15-12(8-16)6-5-7-14(15)17/h5-7,9,11H,4,8,10,16H2,1-3H3. The van der Waals surface area contributed by atoms with Gasteiger partial charge in [-0.3, -0.25) is 0 Å². The number of nitrogens with two attached hydrogens (primary N) is 1. The quantitative estimate of drug-likeness (QED) is 0.921. The number of hydrogen-bond donors (Lipinski definition) is 1. The van der Waals surface area contributed by atoms with Crippen molar-refractivity contribution in [3.8, 4) is 0 Å². The SMILES string of the molecule is CCn1cc(CS(=O)(=O)C(C)C)c2c(CN)cccc21. The second-order valence-electron chi connectivity index (χ2n) is 5.31. The minimum Gasteiger partial charge on any atom is -0.347 e. The van der Waals surface area contributed by atoms with Crippen molar-refractivity contribution in [3.05, 3.63) is 35.5 Å². The number of aryl methyl sites for hydroxylation is 1. The van der Waals surface area contributed by atoms with E-state index in [2.05, 4.69) is 11.5 Å². The second-order valence-corrected chi connectivity index (χ2v) is 7.87. The molecule has 110 valence electrons. The molecule has 20 heavy (non-hydrogen) atoms. The molecule has 0 saturated heterocycles. The zero-order chi connectivity index (χ0) is 14.9. The molecule has 2 aromatic rings. The van der Waals surface area contributed by atoms with E-state index in [0.717, 1.165) is 28.6 Å². The third-order valence-corrected chi connectivity index (χ3v) is 5.86. The minimum absolute atomic E-state index is 0.0746. The first kappa shape index (κ1) is 15.1. The molecule has 0 atom stereocenters. The molecule has 1 aromatic carbocycles. The van der Waals surface area contributed by atoms with E-state index in [0.29, 0.717) is 6.54 Å². The van der Waals surface area contributed by atoms with Crippen LogP contribution in [0.1, 0.15) is 31.9 Å². The third kappa shape index (κ3) is 2.60. The maximum Gasteiger partial charge on any atom is 0.156 e. The van der Waals surface area contributed by atoms with E-state index in [4.69, 9.17) is 5.73 Å². The molecule has 0 aliphatic rings. The first-order valence-electron chi connectivity index (χ1n) is 6.92. The highest BCUT2D eigenvalue weighted by atomic mass is 32.2. The van der Waals surface area contributed by atoms with E-state index >= 15 is 0 Å². The summed E-state index contributed by atoms with van der Waals surface area (Å²) in [6.45, 7) is 6.72. The number of rotatable bonds is 5. The van der Waals surface area contributed by atoms with E-state index < -0.39 is 9.84 Å². The molecule has 1 heterocycles. The van der Waals surface area contributed by atoms with Gasteiger partial charge in [-0.2, -0.15) is 0 Å². The van der Waals surface area contributed by atoms with Crippen LogP contribution >= 0.6 is 0 Å². The summed E-state index contributed by atoms with van der Waals surface area (Å²) in [5, 5.41) is 0.633. The Labute approximate surface area is 120 Å². The molecule has 0 radical (unpaired) electrons. The largest absolute Gasteiger partial charge is 0.347 e. The van der Waals surface area contributed by atoms with Crippen molar-refractivity contribution in [2.24, 2.45) is 5.73 Å². The summed E-state index contributed by atoms with van der Waals surface area (Å²) in [6.07, 6.45) is 1.95. The zero-order valence-electron chi connectivity index (χ0n) is 12.3. The summed E-state index contributed by atoms with van der Waals surface area (Å²) in [6, 6.07) is 5.95. The summed E-state index contributed by atoms with van der Waals surface area (Å²) in [7, 11) is -3.12. The van der Waals surface area contributed by atoms with Crippen molar-refractivity contribution in [1.29, 1.82) is 0 Å². The van der Waals surface area contributed by atoms with Gasteiger partial charge >= 0.3 is 0 Å². The molecule has 0 saturated carbocycles. The summed E-state index contributed by atoms with van der Waals surface area (Å²) in [5.41, 5.74) is 8.72. The molecule has 0 bridgehead atoms. The van der Waals surface area contributed by atoms with Crippen LogP contribution in [0, 0.1) is 0 Å². The molecule has 2 N–H and O–H groups in total. The highest BCUT2D eigenvalue weighted by Gasteiger charge is 2.21. The van der Waals surface area contributed by atoms with E-state index in [-0.39, 0.29) is 11.0 Å². The predicted octanol–water partition coefficient (Wildman–Crippen LogP) is 2.44. The van der Waals surface area contributed by atoms with Gasteiger partial charge in [-0.25, -0.2) is 8.42 Å². The number of fused-ring (bicyclic) bond motifs is 1. The number of aromatic nitrogens is 1. The van der Waals surface area contributed by atoms with Gasteiger partial charge in [0, 0.05) is 30.2 Å². The zero-order valence-corrected chi connectivity index (χ0v) is 13.1. The average Bonchev–Trinajstić information content (AvgIpc) is 2.76. The predicted molar refractivity (Wildman–Crippen MR) is 83.3 cm³/mol. The lowest BCUT2D eigenvalue weighted by Crippen LogP contribution is -2.16. The first-order valence-corrected chi connectivity index (χ1v) is 8.63. The Kier molecular flexibility index (Phi) is 4.20. The summed E-state index contributed by atoms with van der Waals surface area (Å²) >= 11 is 0. The van der Waals surface area contributed by atoms with E-state index in [1.54, 1.807) is 13.8 Å². The van der Waals surface area contributed by atoms with E-state index in [1.807, 2.05) is 24.4 Å². The van der Waals surface area contributed by atoms with Crippen LogP contribution in [-0.4, -0.2) is 18.2 Å². The Balaban J connectivity index is 2.64. The molecule has 1 aromatic heterocycles. The van der Waals surface area contributed by atoms with Gasteiger partial charge in [0.1, 0.15) is 0 Å². The van der Waals surface area contributed by atoms with Crippen molar-refractivity contribution in [3.63, 3.8) is 0 Å². The van der Waals surface area contributed by atoms with Crippen LogP contribution < -0.4 is 5.73 Å². The average molecular weight is 294 g/mol. The molecule has 0 aliphatic carbocycles. The normalized spacial score (nSPS) is 12.4. The summed E-state index contributed by atoms with van der Waals surface area (Å²) < 4.78 is 26.5. The van der Waals surface area contributed by atoms with E-state index in [1.165, 1.54) is 0 Å². The van der Waals surface area contributed by atoms with Gasteiger partial charge in [0.25, 0.3) is 0 Å². The lowest BCUT2D eigenvalue weighted by atomic mass is 10.1. The Bertz CT molecular complexity index is 715.